The van der Waals surface area contributed by atoms with Crippen LogP contribution in [0, 0.1) is 5.92 Å². The summed E-state index contributed by atoms with van der Waals surface area (Å²) in [5, 5.41) is 12.9. The van der Waals surface area contributed by atoms with Crippen LogP contribution < -0.4 is 5.32 Å². The van der Waals surface area contributed by atoms with Gasteiger partial charge in [0.05, 0.1) is 6.10 Å². The number of rotatable bonds is 5. The molecule has 1 aromatic carbocycles. The van der Waals surface area contributed by atoms with Gasteiger partial charge in [-0.3, -0.25) is 0 Å². The van der Waals surface area contributed by atoms with Gasteiger partial charge in [0, 0.05) is 10.5 Å². The number of benzene rings is 1. The Morgan fingerprint density at radius 2 is 2.24 bits per heavy atom. The topological polar surface area (TPSA) is 32.3 Å². The summed E-state index contributed by atoms with van der Waals surface area (Å²) in [6.45, 7) is 3.22. The SMILES string of the molecule is CCC(NCC1CC(O)C1)c1cccc(Br)c1. The molecule has 0 radical (unpaired) electrons. The Morgan fingerprint density at radius 3 is 2.82 bits per heavy atom. The van der Waals surface area contributed by atoms with Gasteiger partial charge in [0.25, 0.3) is 0 Å². The molecule has 2 N–H and O–H groups in total. The number of aliphatic hydroxyl groups is 1. The van der Waals surface area contributed by atoms with Crippen LogP contribution in [0.3, 0.4) is 0 Å². The average Bonchev–Trinajstić information content (AvgIpc) is 2.27. The first-order valence-electron chi connectivity index (χ1n) is 6.36. The fourth-order valence-electron chi connectivity index (χ4n) is 2.40. The van der Waals surface area contributed by atoms with E-state index in [9.17, 15) is 5.11 Å². The highest BCUT2D eigenvalue weighted by Gasteiger charge is 2.27. The van der Waals surface area contributed by atoms with Crippen LogP contribution in [0.5, 0.6) is 0 Å². The van der Waals surface area contributed by atoms with Gasteiger partial charge < -0.3 is 10.4 Å². The quantitative estimate of drug-likeness (QED) is 0.874. The molecule has 1 aliphatic rings. The minimum Gasteiger partial charge on any atom is -0.393 e. The molecule has 1 unspecified atom stereocenters. The van der Waals surface area contributed by atoms with Crippen LogP contribution in [-0.2, 0) is 0 Å². The second-order valence-electron chi connectivity index (χ2n) is 4.92. The lowest BCUT2D eigenvalue weighted by Crippen LogP contribution is -2.37. The molecule has 1 aliphatic carbocycles. The zero-order chi connectivity index (χ0) is 12.3. The molecule has 0 aromatic heterocycles. The van der Waals surface area contributed by atoms with Gasteiger partial charge >= 0.3 is 0 Å². The lowest BCUT2D eigenvalue weighted by atomic mass is 9.82. The minimum atomic E-state index is -0.0484. The van der Waals surface area contributed by atoms with E-state index in [2.05, 4.69) is 52.4 Å². The molecule has 0 saturated heterocycles. The van der Waals surface area contributed by atoms with E-state index in [1.165, 1.54) is 5.56 Å². The molecule has 1 fully saturated rings. The van der Waals surface area contributed by atoms with Crippen molar-refractivity contribution in [3.8, 4) is 0 Å². The van der Waals surface area contributed by atoms with Crippen molar-refractivity contribution in [1.29, 1.82) is 0 Å². The zero-order valence-electron chi connectivity index (χ0n) is 10.2. The van der Waals surface area contributed by atoms with Crippen LogP contribution in [0.25, 0.3) is 0 Å². The van der Waals surface area contributed by atoms with Crippen LogP contribution in [0.15, 0.2) is 28.7 Å². The number of hydrogen-bond acceptors (Lipinski definition) is 2. The van der Waals surface area contributed by atoms with Gasteiger partial charge in [-0.2, -0.15) is 0 Å². The molecule has 1 aromatic rings. The molecule has 94 valence electrons. The van der Waals surface area contributed by atoms with Crippen LogP contribution in [-0.4, -0.2) is 17.8 Å². The third-order valence-electron chi connectivity index (χ3n) is 3.52. The van der Waals surface area contributed by atoms with Crippen molar-refractivity contribution in [1.82, 2.24) is 5.32 Å². The molecule has 3 heteroatoms. The second-order valence-corrected chi connectivity index (χ2v) is 5.83. The molecule has 2 rings (SSSR count). The van der Waals surface area contributed by atoms with Crippen molar-refractivity contribution >= 4 is 15.9 Å². The van der Waals surface area contributed by atoms with E-state index in [1.807, 2.05) is 0 Å². The van der Waals surface area contributed by atoms with Gasteiger partial charge in [0.1, 0.15) is 0 Å². The van der Waals surface area contributed by atoms with Crippen LogP contribution in [0.4, 0.5) is 0 Å². The van der Waals surface area contributed by atoms with Gasteiger partial charge in [0.15, 0.2) is 0 Å². The first-order valence-corrected chi connectivity index (χ1v) is 7.15. The molecular formula is C14H20BrNO. The lowest BCUT2D eigenvalue weighted by Gasteiger charge is -2.33. The summed E-state index contributed by atoms with van der Waals surface area (Å²) in [7, 11) is 0. The summed E-state index contributed by atoms with van der Waals surface area (Å²) >= 11 is 3.51. The van der Waals surface area contributed by atoms with Crippen LogP contribution >= 0.6 is 15.9 Å². The molecule has 2 nitrogen and oxygen atoms in total. The number of aliphatic hydroxyl groups excluding tert-OH is 1. The Balaban J connectivity index is 1.88. The standard InChI is InChI=1S/C14H20BrNO/c1-2-14(11-4-3-5-12(15)8-11)16-9-10-6-13(17)7-10/h3-5,8,10,13-14,16-17H,2,6-7,9H2,1H3. The van der Waals surface area contributed by atoms with Crippen molar-refractivity contribution in [2.75, 3.05) is 6.54 Å². The van der Waals surface area contributed by atoms with Gasteiger partial charge in [-0.25, -0.2) is 0 Å². The molecule has 1 saturated carbocycles. The van der Waals surface area contributed by atoms with E-state index >= 15 is 0 Å². The van der Waals surface area contributed by atoms with E-state index in [0.29, 0.717) is 12.0 Å². The lowest BCUT2D eigenvalue weighted by molar-refractivity contribution is 0.0418. The first kappa shape index (κ1) is 13.1. The Morgan fingerprint density at radius 1 is 1.47 bits per heavy atom. The van der Waals surface area contributed by atoms with Crippen molar-refractivity contribution < 1.29 is 5.11 Å². The van der Waals surface area contributed by atoms with Gasteiger partial charge in [0.2, 0.25) is 0 Å². The van der Waals surface area contributed by atoms with Crippen molar-refractivity contribution in [3.63, 3.8) is 0 Å². The second kappa shape index (κ2) is 5.98. The number of halogens is 1. The Kier molecular flexibility index (Phi) is 4.60. The highest BCUT2D eigenvalue weighted by molar-refractivity contribution is 9.10. The summed E-state index contributed by atoms with van der Waals surface area (Å²) in [6.07, 6.45) is 2.96. The molecule has 0 spiro atoms. The average molecular weight is 298 g/mol. The Labute approximate surface area is 112 Å². The summed E-state index contributed by atoms with van der Waals surface area (Å²) < 4.78 is 1.13. The minimum absolute atomic E-state index is 0.0484. The van der Waals surface area contributed by atoms with Gasteiger partial charge in [-0.1, -0.05) is 35.0 Å². The maximum atomic E-state index is 9.26. The van der Waals surface area contributed by atoms with Gasteiger partial charge in [-0.05, 0) is 49.4 Å². The Bertz CT molecular complexity index is 363. The largest absolute Gasteiger partial charge is 0.393 e. The summed E-state index contributed by atoms with van der Waals surface area (Å²) in [5.74, 6) is 0.659. The normalized spacial score (nSPS) is 25.4. The summed E-state index contributed by atoms with van der Waals surface area (Å²) in [5.41, 5.74) is 1.33. The zero-order valence-corrected chi connectivity index (χ0v) is 11.8. The van der Waals surface area contributed by atoms with E-state index in [0.717, 1.165) is 30.3 Å². The predicted molar refractivity (Wildman–Crippen MR) is 73.9 cm³/mol. The molecule has 0 amide bonds. The fourth-order valence-corrected chi connectivity index (χ4v) is 2.81. The first-order chi connectivity index (χ1) is 8.19. The molecule has 0 bridgehead atoms. The number of nitrogens with one attached hydrogen (secondary N) is 1. The Hall–Kier alpha value is -0.380. The maximum Gasteiger partial charge on any atom is 0.0546 e. The third-order valence-corrected chi connectivity index (χ3v) is 4.02. The van der Waals surface area contributed by atoms with E-state index in [-0.39, 0.29) is 6.10 Å². The van der Waals surface area contributed by atoms with Crippen molar-refractivity contribution in [3.05, 3.63) is 34.3 Å². The monoisotopic (exact) mass is 297 g/mol. The highest BCUT2D eigenvalue weighted by atomic mass is 79.9. The third kappa shape index (κ3) is 3.54. The molecule has 17 heavy (non-hydrogen) atoms. The van der Waals surface area contributed by atoms with Crippen molar-refractivity contribution in [2.45, 2.75) is 38.3 Å². The maximum absolute atomic E-state index is 9.26. The predicted octanol–water partition coefficient (Wildman–Crippen LogP) is 3.26. The summed E-state index contributed by atoms with van der Waals surface area (Å²) in [4.78, 5) is 0. The molecule has 0 heterocycles. The van der Waals surface area contributed by atoms with Crippen LogP contribution in [0.1, 0.15) is 37.8 Å². The van der Waals surface area contributed by atoms with E-state index in [1.54, 1.807) is 0 Å². The van der Waals surface area contributed by atoms with E-state index < -0.39 is 0 Å². The van der Waals surface area contributed by atoms with Crippen molar-refractivity contribution in [2.24, 2.45) is 5.92 Å². The molecule has 1 atom stereocenters. The smallest absolute Gasteiger partial charge is 0.0546 e. The van der Waals surface area contributed by atoms with Gasteiger partial charge in [-0.15, -0.1) is 0 Å². The fraction of sp³-hybridized carbons (Fsp3) is 0.571. The van der Waals surface area contributed by atoms with E-state index in [4.69, 9.17) is 0 Å². The molecule has 0 aliphatic heterocycles. The molecular weight excluding hydrogens is 278 g/mol. The number of hydrogen-bond donors (Lipinski definition) is 2. The summed E-state index contributed by atoms with van der Waals surface area (Å²) in [6, 6.07) is 8.90. The highest BCUT2D eigenvalue weighted by Crippen LogP contribution is 2.28. The van der Waals surface area contributed by atoms with Crippen LogP contribution in [0.2, 0.25) is 0 Å².